The number of nitrogens with zero attached hydrogens (tertiary/aromatic N) is 1. The van der Waals surface area contributed by atoms with Crippen molar-refractivity contribution in [2.24, 2.45) is 0 Å². The summed E-state index contributed by atoms with van der Waals surface area (Å²) in [5.74, 6) is -0.156. The lowest BCUT2D eigenvalue weighted by atomic mass is 10.2. The molecular weight excluding hydrogens is 406 g/mol. The summed E-state index contributed by atoms with van der Waals surface area (Å²) in [4.78, 5) is 19.0. The van der Waals surface area contributed by atoms with Crippen LogP contribution < -0.4 is 5.56 Å². The van der Waals surface area contributed by atoms with Gasteiger partial charge in [0.2, 0.25) is 0 Å². The molecule has 3 nitrogen and oxygen atoms in total. The van der Waals surface area contributed by atoms with E-state index in [1.807, 2.05) is 0 Å². The van der Waals surface area contributed by atoms with Gasteiger partial charge in [0.1, 0.15) is 5.82 Å². The van der Waals surface area contributed by atoms with Crippen LogP contribution in [0.25, 0.3) is 22.0 Å². The van der Waals surface area contributed by atoms with Crippen molar-refractivity contribution >= 4 is 61.1 Å². The maximum absolute atomic E-state index is 13.3. The molecule has 0 aliphatic heterocycles. The standard InChI is InChI=1S/C16H8BrCl2FN2O/c17-11-5-8(1-4-13(11)20)6-12(19)15-21-14-7-9(18)2-3-10(14)16(23)22-15/h1-7H,(H,21,22,23)/b12-6-. The summed E-state index contributed by atoms with van der Waals surface area (Å²) in [6, 6.07) is 9.27. The highest BCUT2D eigenvalue weighted by atomic mass is 79.9. The van der Waals surface area contributed by atoms with Crippen LogP contribution in [0.2, 0.25) is 5.02 Å². The van der Waals surface area contributed by atoms with Crippen molar-refractivity contribution in [1.29, 1.82) is 0 Å². The van der Waals surface area contributed by atoms with Gasteiger partial charge < -0.3 is 4.98 Å². The molecule has 1 N–H and O–H groups in total. The van der Waals surface area contributed by atoms with E-state index in [2.05, 4.69) is 25.9 Å². The number of nitrogens with one attached hydrogen (secondary N) is 1. The third-order valence-corrected chi connectivity index (χ3v) is 4.26. The maximum Gasteiger partial charge on any atom is 0.259 e. The Labute approximate surface area is 148 Å². The molecule has 23 heavy (non-hydrogen) atoms. The van der Waals surface area contributed by atoms with E-state index >= 15 is 0 Å². The zero-order chi connectivity index (χ0) is 16.6. The molecule has 1 heterocycles. The van der Waals surface area contributed by atoms with Crippen molar-refractivity contribution in [3.8, 4) is 0 Å². The van der Waals surface area contributed by atoms with Gasteiger partial charge in [-0.1, -0.05) is 29.3 Å². The Hall–Kier alpha value is -1.69. The monoisotopic (exact) mass is 412 g/mol. The number of halogens is 4. The smallest absolute Gasteiger partial charge is 0.259 e. The van der Waals surface area contributed by atoms with Crippen LogP contribution in [0.4, 0.5) is 4.39 Å². The van der Waals surface area contributed by atoms with Crippen molar-refractivity contribution in [3.63, 3.8) is 0 Å². The molecule has 1 aromatic heterocycles. The Morgan fingerprint density at radius 1 is 1.26 bits per heavy atom. The van der Waals surface area contributed by atoms with Gasteiger partial charge in [-0.3, -0.25) is 4.79 Å². The van der Waals surface area contributed by atoms with Gasteiger partial charge in [-0.2, -0.15) is 0 Å². The lowest BCUT2D eigenvalue weighted by molar-refractivity contribution is 0.621. The molecule has 0 aliphatic carbocycles. The van der Waals surface area contributed by atoms with E-state index in [0.29, 0.717) is 26.0 Å². The fourth-order valence-corrected chi connectivity index (χ4v) is 2.82. The van der Waals surface area contributed by atoms with E-state index in [-0.39, 0.29) is 22.2 Å². The molecule has 3 aromatic rings. The highest BCUT2D eigenvalue weighted by molar-refractivity contribution is 9.10. The number of fused-ring (bicyclic) bond motifs is 1. The molecule has 0 spiro atoms. The largest absolute Gasteiger partial charge is 0.305 e. The molecule has 0 amide bonds. The summed E-state index contributed by atoms with van der Waals surface area (Å²) in [7, 11) is 0. The van der Waals surface area contributed by atoms with E-state index in [1.165, 1.54) is 6.07 Å². The SMILES string of the molecule is O=c1[nH]c(/C(Cl)=C/c2ccc(F)c(Br)c2)nc2cc(Cl)ccc12. The normalized spacial score (nSPS) is 11.9. The quantitative estimate of drug-likeness (QED) is 0.626. The zero-order valence-corrected chi connectivity index (χ0v) is 14.5. The van der Waals surface area contributed by atoms with E-state index in [0.717, 1.165) is 0 Å². The van der Waals surface area contributed by atoms with E-state index in [9.17, 15) is 9.18 Å². The molecule has 116 valence electrons. The number of H-pyrrole nitrogens is 1. The lowest BCUT2D eigenvalue weighted by Gasteiger charge is -2.03. The highest BCUT2D eigenvalue weighted by Gasteiger charge is 2.08. The van der Waals surface area contributed by atoms with E-state index in [1.54, 1.807) is 36.4 Å². The van der Waals surface area contributed by atoms with Gasteiger partial charge in [-0.25, -0.2) is 9.37 Å². The number of benzene rings is 2. The fourth-order valence-electron chi connectivity index (χ4n) is 2.04. The second-order valence-corrected chi connectivity index (χ2v) is 6.44. The Morgan fingerprint density at radius 2 is 2.04 bits per heavy atom. The van der Waals surface area contributed by atoms with Crippen LogP contribution in [-0.4, -0.2) is 9.97 Å². The van der Waals surface area contributed by atoms with Gasteiger partial charge in [0.05, 0.1) is 20.4 Å². The minimum Gasteiger partial charge on any atom is -0.305 e. The van der Waals surface area contributed by atoms with Crippen LogP contribution in [0.15, 0.2) is 45.7 Å². The molecule has 0 unspecified atom stereocenters. The van der Waals surface area contributed by atoms with Crippen molar-refractivity contribution in [3.05, 3.63) is 73.5 Å². The van der Waals surface area contributed by atoms with Crippen LogP contribution in [0.1, 0.15) is 11.4 Å². The van der Waals surface area contributed by atoms with Gasteiger partial charge >= 0.3 is 0 Å². The zero-order valence-electron chi connectivity index (χ0n) is 11.4. The average molecular weight is 414 g/mol. The number of hydrogen-bond donors (Lipinski definition) is 1. The van der Waals surface area contributed by atoms with Crippen molar-refractivity contribution in [2.45, 2.75) is 0 Å². The minimum atomic E-state index is -0.370. The second kappa shape index (κ2) is 6.43. The number of hydrogen-bond acceptors (Lipinski definition) is 2. The number of aromatic amines is 1. The Balaban J connectivity index is 2.09. The van der Waals surface area contributed by atoms with Crippen molar-refractivity contribution < 1.29 is 4.39 Å². The molecule has 7 heteroatoms. The molecule has 0 radical (unpaired) electrons. The first kappa shape index (κ1) is 16.2. The van der Waals surface area contributed by atoms with E-state index in [4.69, 9.17) is 23.2 Å². The minimum absolute atomic E-state index is 0.215. The van der Waals surface area contributed by atoms with Crippen LogP contribution in [0, 0.1) is 5.82 Å². The average Bonchev–Trinajstić information content (AvgIpc) is 2.50. The van der Waals surface area contributed by atoms with Gasteiger partial charge in [-0.05, 0) is 57.9 Å². The summed E-state index contributed by atoms with van der Waals surface area (Å²) in [6.45, 7) is 0. The Morgan fingerprint density at radius 3 is 2.78 bits per heavy atom. The summed E-state index contributed by atoms with van der Waals surface area (Å²) >= 11 is 15.3. The van der Waals surface area contributed by atoms with Crippen LogP contribution in [0.3, 0.4) is 0 Å². The van der Waals surface area contributed by atoms with Crippen LogP contribution in [0.5, 0.6) is 0 Å². The number of rotatable bonds is 2. The van der Waals surface area contributed by atoms with Crippen LogP contribution >= 0.6 is 39.1 Å². The lowest BCUT2D eigenvalue weighted by Crippen LogP contribution is -2.10. The number of aromatic nitrogens is 2. The Bertz CT molecular complexity index is 1000. The molecular formula is C16H8BrCl2FN2O. The van der Waals surface area contributed by atoms with Gasteiger partial charge in [0.25, 0.3) is 5.56 Å². The maximum atomic E-state index is 13.3. The predicted octanol–water partition coefficient (Wildman–Crippen LogP) is 5.22. The fraction of sp³-hybridized carbons (Fsp3) is 0. The second-order valence-electron chi connectivity index (χ2n) is 4.74. The first-order valence-corrected chi connectivity index (χ1v) is 8.01. The molecule has 0 saturated carbocycles. The van der Waals surface area contributed by atoms with Crippen molar-refractivity contribution in [2.75, 3.05) is 0 Å². The third kappa shape index (κ3) is 3.47. The topological polar surface area (TPSA) is 45.8 Å². The molecule has 0 atom stereocenters. The van der Waals surface area contributed by atoms with Crippen molar-refractivity contribution in [1.82, 2.24) is 9.97 Å². The third-order valence-electron chi connectivity index (χ3n) is 3.13. The summed E-state index contributed by atoms with van der Waals surface area (Å²) in [5.41, 5.74) is 0.800. The molecule has 2 aromatic carbocycles. The summed E-state index contributed by atoms with van der Waals surface area (Å²) in [5, 5.41) is 1.12. The first-order chi connectivity index (χ1) is 10.9. The highest BCUT2D eigenvalue weighted by Crippen LogP contribution is 2.23. The molecule has 3 rings (SSSR count). The van der Waals surface area contributed by atoms with E-state index < -0.39 is 0 Å². The molecule has 0 saturated heterocycles. The predicted molar refractivity (Wildman–Crippen MR) is 95.2 cm³/mol. The molecule has 0 aliphatic rings. The van der Waals surface area contributed by atoms with Gasteiger partial charge in [-0.15, -0.1) is 0 Å². The van der Waals surface area contributed by atoms with Gasteiger partial charge in [0.15, 0.2) is 5.82 Å². The summed E-state index contributed by atoms with van der Waals surface area (Å²) in [6.07, 6.45) is 1.58. The Kier molecular flexibility index (Phi) is 4.53. The van der Waals surface area contributed by atoms with Crippen LogP contribution in [-0.2, 0) is 0 Å². The first-order valence-electron chi connectivity index (χ1n) is 6.46. The summed E-state index contributed by atoms with van der Waals surface area (Å²) < 4.78 is 13.6. The van der Waals surface area contributed by atoms with Gasteiger partial charge in [0, 0.05) is 5.02 Å². The molecule has 0 bridgehead atoms. The molecule has 0 fully saturated rings.